The Morgan fingerprint density at radius 3 is 2.82 bits per heavy atom. The van der Waals surface area contributed by atoms with Crippen LogP contribution < -0.4 is 5.32 Å². The molecule has 1 unspecified atom stereocenters. The Bertz CT molecular complexity index is 481. The van der Waals surface area contributed by atoms with Crippen molar-refractivity contribution in [2.75, 3.05) is 7.05 Å². The number of thiazole rings is 1. The van der Waals surface area contributed by atoms with Crippen LogP contribution in [0.25, 0.3) is 0 Å². The first-order valence-corrected chi connectivity index (χ1v) is 7.06. The van der Waals surface area contributed by atoms with Crippen LogP contribution >= 0.6 is 27.3 Å². The topological polar surface area (TPSA) is 37.8 Å². The molecule has 0 saturated heterocycles. The number of nitrogens with one attached hydrogen (secondary N) is 1. The third-order valence-corrected chi connectivity index (χ3v) is 3.80. The van der Waals surface area contributed by atoms with E-state index < -0.39 is 0 Å². The molecule has 3 nitrogen and oxygen atoms in total. The van der Waals surface area contributed by atoms with Crippen LogP contribution in [0.1, 0.15) is 22.4 Å². The lowest BCUT2D eigenvalue weighted by Gasteiger charge is -2.13. The Morgan fingerprint density at radius 2 is 2.29 bits per heavy atom. The fraction of sp³-hybridized carbons (Fsp3) is 0.333. The summed E-state index contributed by atoms with van der Waals surface area (Å²) >= 11 is 5.07. The fourth-order valence-electron chi connectivity index (χ4n) is 1.63. The molecule has 0 aromatic carbocycles. The number of hydrogen-bond acceptors (Lipinski definition) is 4. The van der Waals surface area contributed by atoms with E-state index in [0.717, 1.165) is 27.3 Å². The van der Waals surface area contributed by atoms with E-state index in [-0.39, 0.29) is 6.04 Å². The number of rotatable bonds is 4. The number of pyridine rings is 1. The predicted molar refractivity (Wildman–Crippen MR) is 74.3 cm³/mol. The first-order chi connectivity index (χ1) is 8.19. The van der Waals surface area contributed by atoms with Crippen LogP contribution in [0, 0.1) is 6.92 Å². The highest BCUT2D eigenvalue weighted by molar-refractivity contribution is 9.10. The van der Waals surface area contributed by atoms with Gasteiger partial charge < -0.3 is 5.32 Å². The molecule has 2 heterocycles. The molecule has 0 bridgehead atoms. The molecule has 90 valence electrons. The van der Waals surface area contributed by atoms with E-state index in [0.29, 0.717) is 0 Å². The smallest absolute Gasteiger partial charge is 0.0898 e. The van der Waals surface area contributed by atoms with Crippen molar-refractivity contribution >= 4 is 27.3 Å². The van der Waals surface area contributed by atoms with Gasteiger partial charge in [-0.25, -0.2) is 4.98 Å². The summed E-state index contributed by atoms with van der Waals surface area (Å²) in [6.07, 6.45) is 2.68. The van der Waals surface area contributed by atoms with Crippen LogP contribution in [0.5, 0.6) is 0 Å². The molecule has 0 aliphatic rings. The van der Waals surface area contributed by atoms with Crippen molar-refractivity contribution in [1.82, 2.24) is 15.3 Å². The zero-order chi connectivity index (χ0) is 12.3. The van der Waals surface area contributed by atoms with Gasteiger partial charge >= 0.3 is 0 Å². The summed E-state index contributed by atoms with van der Waals surface area (Å²) in [6, 6.07) is 4.28. The lowest BCUT2D eigenvalue weighted by atomic mass is 10.1. The zero-order valence-electron chi connectivity index (χ0n) is 9.77. The SMILES string of the molecule is CNC(Cc1ccc(Br)cn1)c1csc(C)n1. The van der Waals surface area contributed by atoms with E-state index in [4.69, 9.17) is 0 Å². The van der Waals surface area contributed by atoms with E-state index in [2.05, 4.69) is 36.6 Å². The summed E-state index contributed by atoms with van der Waals surface area (Å²) < 4.78 is 1.01. The predicted octanol–water partition coefficient (Wildman–Crippen LogP) is 3.11. The quantitative estimate of drug-likeness (QED) is 0.942. The third kappa shape index (κ3) is 3.34. The van der Waals surface area contributed by atoms with E-state index in [1.54, 1.807) is 11.3 Å². The zero-order valence-corrected chi connectivity index (χ0v) is 12.2. The Kier molecular flexibility index (Phi) is 4.25. The Hall–Kier alpha value is -0.780. The minimum atomic E-state index is 0.230. The summed E-state index contributed by atoms with van der Waals surface area (Å²) in [5, 5.41) is 6.49. The van der Waals surface area contributed by atoms with Crippen molar-refractivity contribution in [1.29, 1.82) is 0 Å². The van der Waals surface area contributed by atoms with Gasteiger partial charge in [0.15, 0.2) is 0 Å². The number of halogens is 1. The number of nitrogens with zero attached hydrogens (tertiary/aromatic N) is 2. The molecule has 0 amide bonds. The van der Waals surface area contributed by atoms with E-state index >= 15 is 0 Å². The maximum Gasteiger partial charge on any atom is 0.0898 e. The van der Waals surface area contributed by atoms with Gasteiger partial charge in [-0.15, -0.1) is 11.3 Å². The van der Waals surface area contributed by atoms with E-state index in [9.17, 15) is 0 Å². The molecule has 2 rings (SSSR count). The monoisotopic (exact) mass is 311 g/mol. The Balaban J connectivity index is 2.12. The van der Waals surface area contributed by atoms with Crippen molar-refractivity contribution < 1.29 is 0 Å². The fourth-order valence-corrected chi connectivity index (χ4v) is 2.53. The minimum Gasteiger partial charge on any atom is -0.311 e. The molecule has 5 heteroatoms. The van der Waals surface area contributed by atoms with Crippen LogP contribution in [-0.4, -0.2) is 17.0 Å². The summed E-state index contributed by atoms with van der Waals surface area (Å²) in [5.74, 6) is 0. The van der Waals surface area contributed by atoms with Crippen molar-refractivity contribution in [3.63, 3.8) is 0 Å². The number of aromatic nitrogens is 2. The first kappa shape index (κ1) is 12.7. The summed E-state index contributed by atoms with van der Waals surface area (Å²) in [7, 11) is 1.96. The van der Waals surface area contributed by atoms with Crippen molar-refractivity contribution in [2.24, 2.45) is 0 Å². The summed E-state index contributed by atoms with van der Waals surface area (Å²) in [6.45, 7) is 2.03. The molecule has 0 radical (unpaired) electrons. The molecule has 0 saturated carbocycles. The molecule has 0 aliphatic heterocycles. The normalized spacial score (nSPS) is 12.6. The lowest BCUT2D eigenvalue weighted by molar-refractivity contribution is 0.571. The van der Waals surface area contributed by atoms with Crippen LogP contribution in [-0.2, 0) is 6.42 Å². The van der Waals surface area contributed by atoms with Gasteiger partial charge in [0.1, 0.15) is 0 Å². The number of aryl methyl sites for hydroxylation is 1. The molecule has 1 atom stereocenters. The maximum absolute atomic E-state index is 4.51. The van der Waals surface area contributed by atoms with Gasteiger partial charge in [0, 0.05) is 28.2 Å². The summed E-state index contributed by atoms with van der Waals surface area (Å²) in [5.41, 5.74) is 2.16. The molecule has 1 N–H and O–H groups in total. The van der Waals surface area contributed by atoms with Crippen LogP contribution in [0.3, 0.4) is 0 Å². The molecular formula is C12H14BrN3S. The van der Waals surface area contributed by atoms with Crippen molar-refractivity contribution in [3.8, 4) is 0 Å². The van der Waals surface area contributed by atoms with Gasteiger partial charge in [0.2, 0.25) is 0 Å². The minimum absolute atomic E-state index is 0.230. The number of likely N-dealkylation sites (N-methyl/N-ethyl adjacent to an activating group) is 1. The number of hydrogen-bond donors (Lipinski definition) is 1. The average Bonchev–Trinajstić information content (AvgIpc) is 2.75. The molecular weight excluding hydrogens is 298 g/mol. The summed E-state index contributed by atoms with van der Waals surface area (Å²) in [4.78, 5) is 8.90. The molecule has 2 aromatic rings. The van der Waals surface area contributed by atoms with Gasteiger partial charge in [-0.1, -0.05) is 0 Å². The lowest BCUT2D eigenvalue weighted by Crippen LogP contribution is -2.19. The van der Waals surface area contributed by atoms with Gasteiger partial charge in [-0.3, -0.25) is 4.98 Å². The van der Waals surface area contributed by atoms with Gasteiger partial charge in [0.05, 0.1) is 16.7 Å². The van der Waals surface area contributed by atoms with E-state index in [1.165, 1.54) is 0 Å². The maximum atomic E-state index is 4.51. The molecule has 0 spiro atoms. The van der Waals surface area contributed by atoms with Crippen molar-refractivity contribution in [2.45, 2.75) is 19.4 Å². The van der Waals surface area contributed by atoms with E-state index in [1.807, 2.05) is 32.3 Å². The second kappa shape index (κ2) is 5.71. The first-order valence-electron chi connectivity index (χ1n) is 5.39. The van der Waals surface area contributed by atoms with Crippen LogP contribution in [0.15, 0.2) is 28.2 Å². The van der Waals surface area contributed by atoms with Crippen molar-refractivity contribution in [3.05, 3.63) is 44.6 Å². The molecule has 17 heavy (non-hydrogen) atoms. The molecule has 0 fully saturated rings. The third-order valence-electron chi connectivity index (χ3n) is 2.54. The van der Waals surface area contributed by atoms with Gasteiger partial charge in [-0.05, 0) is 42.0 Å². The average molecular weight is 312 g/mol. The Morgan fingerprint density at radius 1 is 1.47 bits per heavy atom. The van der Waals surface area contributed by atoms with Gasteiger partial charge in [0.25, 0.3) is 0 Å². The second-order valence-corrected chi connectivity index (χ2v) is 5.78. The molecule has 2 aromatic heterocycles. The highest BCUT2D eigenvalue weighted by Gasteiger charge is 2.13. The Labute approximate surface area is 113 Å². The van der Waals surface area contributed by atoms with Crippen LogP contribution in [0.4, 0.5) is 0 Å². The largest absolute Gasteiger partial charge is 0.311 e. The highest BCUT2D eigenvalue weighted by atomic mass is 79.9. The standard InChI is InChI=1S/C12H14BrN3S/c1-8-16-12(7-17-8)11(14-2)5-10-4-3-9(13)6-15-10/h3-4,6-7,11,14H,5H2,1-2H3. The highest BCUT2D eigenvalue weighted by Crippen LogP contribution is 2.20. The second-order valence-electron chi connectivity index (χ2n) is 3.80. The van der Waals surface area contributed by atoms with Gasteiger partial charge in [-0.2, -0.15) is 0 Å². The van der Waals surface area contributed by atoms with Crippen LogP contribution in [0.2, 0.25) is 0 Å². The molecule has 0 aliphatic carbocycles.